The molecular formula is C21H19F2NO5. The zero-order valence-corrected chi connectivity index (χ0v) is 16.3. The van der Waals surface area contributed by atoms with Gasteiger partial charge in [0.15, 0.2) is 17.2 Å². The Morgan fingerprint density at radius 3 is 2.24 bits per heavy atom. The maximum atomic E-state index is 12.7. The number of hydrogen-bond acceptors (Lipinski definition) is 6. The number of alkyl halides is 2. The largest absolute Gasteiger partial charge is 0.493 e. The summed E-state index contributed by atoms with van der Waals surface area (Å²) in [5.74, 6) is -0.604. The van der Waals surface area contributed by atoms with Crippen LogP contribution in [0.15, 0.2) is 41.0 Å². The first-order chi connectivity index (χ1) is 13.8. The highest BCUT2D eigenvalue weighted by Crippen LogP contribution is 2.40. The molecule has 29 heavy (non-hydrogen) atoms. The maximum absolute atomic E-state index is 12.7. The average molecular weight is 403 g/mol. The van der Waals surface area contributed by atoms with E-state index in [0.717, 1.165) is 11.1 Å². The first kappa shape index (κ1) is 20.3. The molecule has 0 saturated carbocycles. The number of nitrogens with zero attached hydrogens (tertiary/aromatic N) is 1. The number of cyclic esters (lactones) is 1. The van der Waals surface area contributed by atoms with Gasteiger partial charge in [0.2, 0.25) is 11.6 Å². The van der Waals surface area contributed by atoms with E-state index in [1.807, 2.05) is 32.0 Å². The molecule has 0 radical (unpaired) electrons. The van der Waals surface area contributed by atoms with E-state index in [4.69, 9.17) is 14.2 Å². The molecule has 0 unspecified atom stereocenters. The van der Waals surface area contributed by atoms with Crippen LogP contribution in [0.3, 0.4) is 0 Å². The zero-order chi connectivity index (χ0) is 21.1. The van der Waals surface area contributed by atoms with Crippen LogP contribution in [-0.2, 0) is 9.53 Å². The van der Waals surface area contributed by atoms with Gasteiger partial charge in [-0.1, -0.05) is 6.07 Å². The average Bonchev–Trinajstić information content (AvgIpc) is 3.04. The van der Waals surface area contributed by atoms with Gasteiger partial charge in [0.1, 0.15) is 0 Å². The Kier molecular flexibility index (Phi) is 5.81. The topological polar surface area (TPSA) is 66.4 Å². The number of ether oxygens (including phenoxy) is 4. The first-order valence-electron chi connectivity index (χ1n) is 8.63. The van der Waals surface area contributed by atoms with Gasteiger partial charge >= 0.3 is 12.6 Å². The van der Waals surface area contributed by atoms with Gasteiger partial charge in [0.25, 0.3) is 0 Å². The van der Waals surface area contributed by atoms with Crippen molar-refractivity contribution in [2.45, 2.75) is 20.5 Å². The molecule has 2 aromatic rings. The molecule has 8 heteroatoms. The predicted octanol–water partition coefficient (Wildman–Crippen LogP) is 4.27. The SMILES string of the molecule is COc1cc(/C=C2\N=C(c3ccc(C)c(C)c3)OC2=O)cc(OC)c1OC(F)F. The van der Waals surface area contributed by atoms with Crippen LogP contribution in [0.5, 0.6) is 17.2 Å². The van der Waals surface area contributed by atoms with Crippen molar-refractivity contribution in [3.63, 3.8) is 0 Å². The van der Waals surface area contributed by atoms with Crippen molar-refractivity contribution in [1.82, 2.24) is 0 Å². The van der Waals surface area contributed by atoms with E-state index >= 15 is 0 Å². The van der Waals surface area contributed by atoms with Crippen LogP contribution in [0.25, 0.3) is 6.08 Å². The van der Waals surface area contributed by atoms with Crippen molar-refractivity contribution < 1.29 is 32.5 Å². The molecule has 0 bridgehead atoms. The number of methoxy groups -OCH3 is 2. The first-order valence-corrected chi connectivity index (χ1v) is 8.63. The lowest BCUT2D eigenvalue weighted by Crippen LogP contribution is -2.06. The van der Waals surface area contributed by atoms with Gasteiger partial charge in [0, 0.05) is 5.56 Å². The number of rotatable bonds is 6. The predicted molar refractivity (Wildman–Crippen MR) is 103 cm³/mol. The highest BCUT2D eigenvalue weighted by Gasteiger charge is 2.25. The molecule has 0 saturated heterocycles. The summed E-state index contributed by atoms with van der Waals surface area (Å²) < 4.78 is 45.3. The summed E-state index contributed by atoms with van der Waals surface area (Å²) in [6.45, 7) is 0.890. The molecule has 0 aliphatic carbocycles. The van der Waals surface area contributed by atoms with E-state index in [1.165, 1.54) is 32.4 Å². The molecule has 1 aliphatic rings. The van der Waals surface area contributed by atoms with Crippen molar-refractivity contribution in [3.05, 3.63) is 58.3 Å². The van der Waals surface area contributed by atoms with E-state index in [0.29, 0.717) is 11.1 Å². The van der Waals surface area contributed by atoms with Crippen LogP contribution in [0.4, 0.5) is 8.78 Å². The minimum atomic E-state index is -3.04. The number of benzene rings is 2. The summed E-state index contributed by atoms with van der Waals surface area (Å²) in [7, 11) is 2.62. The lowest BCUT2D eigenvalue weighted by Gasteiger charge is -2.14. The Morgan fingerprint density at radius 2 is 1.69 bits per heavy atom. The van der Waals surface area contributed by atoms with Crippen molar-refractivity contribution in [2.24, 2.45) is 4.99 Å². The fraction of sp³-hybridized carbons (Fsp3) is 0.238. The Labute approximate surface area is 166 Å². The van der Waals surface area contributed by atoms with E-state index in [9.17, 15) is 13.6 Å². The second kappa shape index (κ2) is 8.30. The fourth-order valence-corrected chi connectivity index (χ4v) is 2.75. The summed E-state index contributed by atoms with van der Waals surface area (Å²) in [5.41, 5.74) is 3.34. The van der Waals surface area contributed by atoms with E-state index in [2.05, 4.69) is 9.73 Å². The third kappa shape index (κ3) is 4.37. The van der Waals surface area contributed by atoms with Crippen LogP contribution in [-0.4, -0.2) is 32.7 Å². The Balaban J connectivity index is 1.99. The highest BCUT2D eigenvalue weighted by atomic mass is 19.3. The van der Waals surface area contributed by atoms with Crippen LogP contribution in [0, 0.1) is 13.8 Å². The molecule has 1 aliphatic heterocycles. The van der Waals surface area contributed by atoms with Gasteiger partial charge < -0.3 is 18.9 Å². The minimum absolute atomic E-state index is 0.0289. The van der Waals surface area contributed by atoms with Crippen molar-refractivity contribution in [3.8, 4) is 17.2 Å². The molecular weight excluding hydrogens is 384 g/mol. The van der Waals surface area contributed by atoms with Gasteiger partial charge in [-0.2, -0.15) is 8.78 Å². The number of halogens is 2. The standard InChI is InChI=1S/C21H19F2NO5/c1-11-5-6-14(7-12(11)2)19-24-15(20(25)29-19)8-13-9-16(26-3)18(28-21(22)23)17(10-13)27-4/h5-10,21H,1-4H3/b15-8-. The van der Waals surface area contributed by atoms with Gasteiger partial charge in [-0.25, -0.2) is 9.79 Å². The van der Waals surface area contributed by atoms with Gasteiger partial charge in [-0.15, -0.1) is 0 Å². The lowest BCUT2D eigenvalue weighted by molar-refractivity contribution is -0.129. The second-order valence-electron chi connectivity index (χ2n) is 6.27. The van der Waals surface area contributed by atoms with Gasteiger partial charge in [-0.05, 0) is 60.9 Å². The summed E-state index contributed by atoms with van der Waals surface area (Å²) >= 11 is 0. The molecule has 3 rings (SSSR count). The zero-order valence-electron chi connectivity index (χ0n) is 16.3. The molecule has 0 aromatic heterocycles. The Bertz CT molecular complexity index is 989. The molecule has 0 fully saturated rings. The summed E-state index contributed by atoms with van der Waals surface area (Å²) in [6, 6.07) is 8.49. The molecule has 0 spiro atoms. The fourth-order valence-electron chi connectivity index (χ4n) is 2.75. The Hall–Kier alpha value is -3.42. The third-order valence-electron chi connectivity index (χ3n) is 4.37. The molecule has 2 aromatic carbocycles. The summed E-state index contributed by atoms with van der Waals surface area (Å²) in [4.78, 5) is 16.5. The normalized spacial score (nSPS) is 14.8. The second-order valence-corrected chi connectivity index (χ2v) is 6.27. The Morgan fingerprint density at radius 1 is 1.03 bits per heavy atom. The van der Waals surface area contributed by atoms with Crippen LogP contribution >= 0.6 is 0 Å². The molecule has 0 atom stereocenters. The number of carbonyl (C=O) groups excluding carboxylic acids is 1. The van der Waals surface area contributed by atoms with Crippen molar-refractivity contribution >= 4 is 17.9 Å². The van der Waals surface area contributed by atoms with Crippen molar-refractivity contribution in [1.29, 1.82) is 0 Å². The van der Waals surface area contributed by atoms with Gasteiger partial charge in [-0.3, -0.25) is 0 Å². The van der Waals surface area contributed by atoms with Gasteiger partial charge in [0.05, 0.1) is 14.2 Å². The van der Waals surface area contributed by atoms with E-state index in [-0.39, 0.29) is 28.8 Å². The monoisotopic (exact) mass is 403 g/mol. The smallest absolute Gasteiger partial charge is 0.387 e. The summed E-state index contributed by atoms with van der Waals surface area (Å²) in [6.07, 6.45) is 1.45. The number of carbonyl (C=O) groups is 1. The quantitative estimate of drug-likeness (QED) is 0.532. The number of hydrogen-bond donors (Lipinski definition) is 0. The molecule has 0 N–H and O–H groups in total. The number of aliphatic imine (C=N–C) groups is 1. The molecule has 0 amide bonds. The lowest BCUT2D eigenvalue weighted by atomic mass is 10.1. The molecule has 1 heterocycles. The van der Waals surface area contributed by atoms with E-state index < -0.39 is 12.6 Å². The number of esters is 1. The molecule has 152 valence electrons. The van der Waals surface area contributed by atoms with Crippen LogP contribution in [0.2, 0.25) is 0 Å². The summed E-state index contributed by atoms with van der Waals surface area (Å²) in [5, 5.41) is 0. The highest BCUT2D eigenvalue weighted by molar-refractivity contribution is 6.13. The molecule has 6 nitrogen and oxygen atoms in total. The van der Waals surface area contributed by atoms with Crippen molar-refractivity contribution in [2.75, 3.05) is 14.2 Å². The van der Waals surface area contributed by atoms with E-state index in [1.54, 1.807) is 0 Å². The maximum Gasteiger partial charge on any atom is 0.387 e. The minimum Gasteiger partial charge on any atom is -0.493 e. The third-order valence-corrected chi connectivity index (χ3v) is 4.37. The van der Waals surface area contributed by atoms with Crippen LogP contribution < -0.4 is 14.2 Å². The van der Waals surface area contributed by atoms with Crippen LogP contribution in [0.1, 0.15) is 22.3 Å². The number of aryl methyl sites for hydroxylation is 2.